The largest absolute Gasteiger partial charge is 0.379 e. The first-order valence-electron chi connectivity index (χ1n) is 7.92. The minimum atomic E-state index is 0.594. The van der Waals surface area contributed by atoms with Crippen molar-refractivity contribution < 1.29 is 4.74 Å². The second-order valence-electron chi connectivity index (χ2n) is 5.75. The standard InChI is InChI=1S/C16H31N3O/c1-14(2)13-20-12-11-19-16(17-3)18-10-9-15-7-5-4-6-8-15/h7,14H,4-6,8-13H2,1-3H3,(H2,17,18,19). The second-order valence-corrected chi connectivity index (χ2v) is 5.75. The van der Waals surface area contributed by atoms with Crippen molar-refractivity contribution in [2.75, 3.05) is 33.4 Å². The van der Waals surface area contributed by atoms with E-state index < -0.39 is 0 Å². The molecule has 1 rings (SSSR count). The second kappa shape index (κ2) is 10.7. The van der Waals surface area contributed by atoms with Gasteiger partial charge in [-0.25, -0.2) is 0 Å². The molecule has 0 aliphatic heterocycles. The molecular formula is C16H31N3O. The summed E-state index contributed by atoms with van der Waals surface area (Å²) in [6.07, 6.45) is 8.78. The van der Waals surface area contributed by atoms with Gasteiger partial charge >= 0.3 is 0 Å². The van der Waals surface area contributed by atoms with Crippen molar-refractivity contribution in [3.63, 3.8) is 0 Å². The summed E-state index contributed by atoms with van der Waals surface area (Å²) in [5.41, 5.74) is 1.60. The van der Waals surface area contributed by atoms with Gasteiger partial charge in [0, 0.05) is 26.7 Å². The van der Waals surface area contributed by atoms with Gasteiger partial charge in [0.2, 0.25) is 0 Å². The molecule has 0 bridgehead atoms. The monoisotopic (exact) mass is 281 g/mol. The molecule has 0 radical (unpaired) electrons. The summed E-state index contributed by atoms with van der Waals surface area (Å²) in [5, 5.41) is 6.63. The Balaban J connectivity index is 2.06. The van der Waals surface area contributed by atoms with Gasteiger partial charge in [0.1, 0.15) is 0 Å². The maximum absolute atomic E-state index is 5.54. The Hall–Kier alpha value is -1.03. The van der Waals surface area contributed by atoms with Crippen LogP contribution < -0.4 is 10.6 Å². The molecule has 1 aliphatic rings. The fourth-order valence-corrected chi connectivity index (χ4v) is 2.25. The van der Waals surface area contributed by atoms with E-state index >= 15 is 0 Å². The Bertz CT molecular complexity index is 311. The number of rotatable bonds is 8. The first-order valence-corrected chi connectivity index (χ1v) is 7.92. The number of nitrogens with zero attached hydrogens (tertiary/aromatic N) is 1. The molecule has 4 nitrogen and oxygen atoms in total. The van der Waals surface area contributed by atoms with E-state index in [4.69, 9.17) is 4.74 Å². The fourth-order valence-electron chi connectivity index (χ4n) is 2.25. The molecule has 116 valence electrons. The Labute approximate surface area is 124 Å². The van der Waals surface area contributed by atoms with Gasteiger partial charge in [0.05, 0.1) is 6.61 Å². The zero-order chi connectivity index (χ0) is 14.6. The molecule has 1 aliphatic carbocycles. The lowest BCUT2D eigenvalue weighted by atomic mass is 9.97. The summed E-state index contributed by atoms with van der Waals surface area (Å²) in [7, 11) is 1.81. The highest BCUT2D eigenvalue weighted by molar-refractivity contribution is 5.79. The summed E-state index contributed by atoms with van der Waals surface area (Å²) in [6, 6.07) is 0. The molecule has 0 fully saturated rings. The van der Waals surface area contributed by atoms with Crippen LogP contribution in [0.1, 0.15) is 46.0 Å². The molecule has 0 aromatic heterocycles. The summed E-state index contributed by atoms with van der Waals surface area (Å²) < 4.78 is 5.54. The molecular weight excluding hydrogens is 250 g/mol. The lowest BCUT2D eigenvalue weighted by Crippen LogP contribution is -2.39. The molecule has 0 heterocycles. The molecule has 0 saturated carbocycles. The molecule has 20 heavy (non-hydrogen) atoms. The molecule has 0 unspecified atom stereocenters. The van der Waals surface area contributed by atoms with Crippen molar-refractivity contribution in [3.05, 3.63) is 11.6 Å². The summed E-state index contributed by atoms with van der Waals surface area (Å²) in [4.78, 5) is 4.22. The molecule has 0 amide bonds. The molecule has 4 heteroatoms. The van der Waals surface area contributed by atoms with Crippen LogP contribution in [0.3, 0.4) is 0 Å². The predicted molar refractivity (Wildman–Crippen MR) is 86.2 cm³/mol. The molecule has 0 spiro atoms. The minimum Gasteiger partial charge on any atom is -0.379 e. The van der Waals surface area contributed by atoms with Crippen molar-refractivity contribution in [2.24, 2.45) is 10.9 Å². The SMILES string of the molecule is CN=C(NCCOCC(C)C)NCCC1=CCCCC1. The molecule has 0 saturated heterocycles. The van der Waals surface area contributed by atoms with E-state index in [1.165, 1.54) is 25.7 Å². The van der Waals surface area contributed by atoms with Gasteiger partial charge < -0.3 is 15.4 Å². The normalized spacial score (nSPS) is 16.2. The van der Waals surface area contributed by atoms with Crippen LogP contribution in [0, 0.1) is 5.92 Å². The van der Waals surface area contributed by atoms with Crippen molar-refractivity contribution >= 4 is 5.96 Å². The fraction of sp³-hybridized carbons (Fsp3) is 0.812. The molecule has 0 atom stereocenters. The van der Waals surface area contributed by atoms with Crippen LogP contribution in [0.5, 0.6) is 0 Å². The smallest absolute Gasteiger partial charge is 0.191 e. The summed E-state index contributed by atoms with van der Waals surface area (Å²) in [6.45, 7) is 7.63. The zero-order valence-corrected chi connectivity index (χ0v) is 13.4. The maximum atomic E-state index is 5.54. The van der Waals surface area contributed by atoms with Crippen LogP contribution in [0.2, 0.25) is 0 Å². The van der Waals surface area contributed by atoms with Crippen molar-refractivity contribution in [1.29, 1.82) is 0 Å². The van der Waals surface area contributed by atoms with Gasteiger partial charge in [-0.2, -0.15) is 0 Å². The number of allylic oxidation sites excluding steroid dienone is 1. The van der Waals surface area contributed by atoms with E-state index in [1.54, 1.807) is 5.57 Å². The first kappa shape index (κ1) is 17.0. The van der Waals surface area contributed by atoms with E-state index in [0.717, 1.165) is 38.7 Å². The van der Waals surface area contributed by atoms with Crippen LogP contribution in [0.25, 0.3) is 0 Å². The molecule has 2 N–H and O–H groups in total. The summed E-state index contributed by atoms with van der Waals surface area (Å²) >= 11 is 0. The van der Waals surface area contributed by atoms with E-state index in [9.17, 15) is 0 Å². The number of nitrogens with one attached hydrogen (secondary N) is 2. The van der Waals surface area contributed by atoms with Crippen molar-refractivity contribution in [3.8, 4) is 0 Å². The van der Waals surface area contributed by atoms with Crippen LogP contribution >= 0.6 is 0 Å². The third-order valence-corrected chi connectivity index (χ3v) is 3.34. The molecule has 0 aromatic rings. The van der Waals surface area contributed by atoms with Gasteiger partial charge in [-0.1, -0.05) is 25.5 Å². The number of aliphatic imine (C=N–C) groups is 1. The highest BCUT2D eigenvalue weighted by Crippen LogP contribution is 2.19. The number of guanidine groups is 1. The van der Waals surface area contributed by atoms with Crippen molar-refractivity contribution in [1.82, 2.24) is 10.6 Å². The Kier molecular flexibility index (Phi) is 9.13. The Morgan fingerprint density at radius 3 is 2.75 bits per heavy atom. The van der Waals surface area contributed by atoms with E-state index in [0.29, 0.717) is 5.92 Å². The van der Waals surface area contributed by atoms with E-state index in [-0.39, 0.29) is 0 Å². The van der Waals surface area contributed by atoms with Gasteiger partial charge in [0.15, 0.2) is 5.96 Å². The Morgan fingerprint density at radius 2 is 2.10 bits per heavy atom. The third kappa shape index (κ3) is 8.20. The van der Waals surface area contributed by atoms with Gasteiger partial charge in [-0.05, 0) is 38.0 Å². The predicted octanol–water partition coefficient (Wildman–Crippen LogP) is 2.71. The zero-order valence-electron chi connectivity index (χ0n) is 13.4. The quantitative estimate of drug-likeness (QED) is 0.311. The maximum Gasteiger partial charge on any atom is 0.191 e. The van der Waals surface area contributed by atoms with Crippen molar-refractivity contribution in [2.45, 2.75) is 46.0 Å². The topological polar surface area (TPSA) is 45.7 Å². The minimum absolute atomic E-state index is 0.594. The lowest BCUT2D eigenvalue weighted by molar-refractivity contribution is 0.114. The highest BCUT2D eigenvalue weighted by Gasteiger charge is 2.04. The average Bonchev–Trinajstić information content (AvgIpc) is 2.46. The third-order valence-electron chi connectivity index (χ3n) is 3.34. The van der Waals surface area contributed by atoms with Crippen LogP contribution in [-0.4, -0.2) is 39.3 Å². The number of hydrogen-bond donors (Lipinski definition) is 2. The number of ether oxygens (including phenoxy) is 1. The van der Waals surface area contributed by atoms with Gasteiger partial charge in [0.25, 0.3) is 0 Å². The van der Waals surface area contributed by atoms with Crippen LogP contribution in [0.4, 0.5) is 0 Å². The van der Waals surface area contributed by atoms with Crippen LogP contribution in [0.15, 0.2) is 16.6 Å². The average molecular weight is 281 g/mol. The Morgan fingerprint density at radius 1 is 1.30 bits per heavy atom. The van der Waals surface area contributed by atoms with Gasteiger partial charge in [-0.15, -0.1) is 0 Å². The van der Waals surface area contributed by atoms with Crippen LogP contribution in [-0.2, 0) is 4.74 Å². The number of hydrogen-bond acceptors (Lipinski definition) is 2. The highest BCUT2D eigenvalue weighted by atomic mass is 16.5. The summed E-state index contributed by atoms with van der Waals surface area (Å²) in [5.74, 6) is 1.46. The first-order chi connectivity index (χ1) is 9.72. The molecule has 0 aromatic carbocycles. The van der Waals surface area contributed by atoms with Gasteiger partial charge in [-0.3, -0.25) is 4.99 Å². The lowest BCUT2D eigenvalue weighted by Gasteiger charge is -2.15. The van der Waals surface area contributed by atoms with E-state index in [1.807, 2.05) is 7.05 Å². The van der Waals surface area contributed by atoms with E-state index in [2.05, 4.69) is 35.5 Å².